The Bertz CT molecular complexity index is 560. The summed E-state index contributed by atoms with van der Waals surface area (Å²) in [5, 5.41) is 10.5. The molecule has 0 bridgehead atoms. The van der Waals surface area contributed by atoms with Crippen molar-refractivity contribution < 1.29 is 14.2 Å². The first-order valence-electron chi connectivity index (χ1n) is 6.43. The van der Waals surface area contributed by atoms with E-state index in [1.54, 1.807) is 18.2 Å². The molecule has 0 amide bonds. The van der Waals surface area contributed by atoms with Crippen LogP contribution in [0.25, 0.3) is 0 Å². The molecular weight excluding hydrogens is 323 g/mol. The molecular formula is C16H16BrFO2. The second kappa shape index (κ2) is 6.97. The summed E-state index contributed by atoms with van der Waals surface area (Å²) in [6.45, 7) is 2.28. The normalized spacial score (nSPS) is 14.0. The van der Waals surface area contributed by atoms with Crippen LogP contribution < -0.4 is 0 Å². The minimum Gasteiger partial charge on any atom is -0.385 e. The topological polar surface area (TPSA) is 29.5 Å². The Morgan fingerprint density at radius 2 is 1.85 bits per heavy atom. The maximum absolute atomic E-state index is 14.1. The third-order valence-corrected chi connectivity index (χ3v) is 3.67. The van der Waals surface area contributed by atoms with Gasteiger partial charge in [-0.15, -0.1) is 0 Å². The van der Waals surface area contributed by atoms with Gasteiger partial charge < -0.3 is 9.84 Å². The number of hydrogen-bond acceptors (Lipinski definition) is 2. The van der Waals surface area contributed by atoms with Crippen molar-refractivity contribution in [3.63, 3.8) is 0 Å². The summed E-state index contributed by atoms with van der Waals surface area (Å²) in [6.07, 6.45) is -1.65. The lowest BCUT2D eigenvalue weighted by Crippen LogP contribution is -2.16. The molecule has 0 radical (unpaired) electrons. The standard InChI is InChI=1S/C16H16BrFO2/c1-2-20-16(11-7-4-3-5-8-11)15(19)12-9-6-10-13(17)14(12)18/h3-10,15-16,19H,2H2,1H3. The molecule has 2 atom stereocenters. The Morgan fingerprint density at radius 1 is 1.15 bits per heavy atom. The van der Waals surface area contributed by atoms with Crippen LogP contribution in [-0.4, -0.2) is 11.7 Å². The predicted octanol–water partition coefficient (Wildman–Crippen LogP) is 4.40. The van der Waals surface area contributed by atoms with Crippen LogP contribution in [0, 0.1) is 5.82 Å². The van der Waals surface area contributed by atoms with E-state index >= 15 is 0 Å². The van der Waals surface area contributed by atoms with Crippen molar-refractivity contribution in [3.8, 4) is 0 Å². The molecule has 0 saturated heterocycles. The zero-order valence-corrected chi connectivity index (χ0v) is 12.7. The number of aliphatic hydroxyl groups is 1. The highest BCUT2D eigenvalue weighted by atomic mass is 79.9. The van der Waals surface area contributed by atoms with Crippen LogP contribution in [0.1, 0.15) is 30.3 Å². The molecule has 2 aromatic carbocycles. The van der Waals surface area contributed by atoms with E-state index in [0.717, 1.165) is 5.56 Å². The number of halogens is 2. The molecule has 0 aliphatic carbocycles. The molecule has 0 spiro atoms. The zero-order chi connectivity index (χ0) is 14.5. The molecule has 0 aliphatic rings. The smallest absolute Gasteiger partial charge is 0.143 e. The lowest BCUT2D eigenvalue weighted by Gasteiger charge is -2.24. The first kappa shape index (κ1) is 15.2. The van der Waals surface area contributed by atoms with Gasteiger partial charge in [0.15, 0.2) is 0 Å². The van der Waals surface area contributed by atoms with Gasteiger partial charge in [0.2, 0.25) is 0 Å². The monoisotopic (exact) mass is 338 g/mol. The number of hydrogen-bond donors (Lipinski definition) is 1. The fourth-order valence-corrected chi connectivity index (χ4v) is 2.49. The number of ether oxygens (including phenoxy) is 1. The van der Waals surface area contributed by atoms with E-state index in [1.807, 2.05) is 37.3 Å². The molecule has 106 valence electrons. The van der Waals surface area contributed by atoms with Gasteiger partial charge >= 0.3 is 0 Å². The summed E-state index contributed by atoms with van der Waals surface area (Å²) >= 11 is 3.13. The third-order valence-electron chi connectivity index (χ3n) is 3.06. The van der Waals surface area contributed by atoms with Gasteiger partial charge in [-0.05, 0) is 34.5 Å². The maximum atomic E-state index is 14.1. The Kier molecular flexibility index (Phi) is 5.29. The van der Waals surface area contributed by atoms with Crippen LogP contribution in [0.2, 0.25) is 0 Å². The Morgan fingerprint density at radius 3 is 2.50 bits per heavy atom. The van der Waals surface area contributed by atoms with E-state index in [-0.39, 0.29) is 5.56 Å². The van der Waals surface area contributed by atoms with Crippen molar-refractivity contribution >= 4 is 15.9 Å². The van der Waals surface area contributed by atoms with Gasteiger partial charge in [0.1, 0.15) is 18.0 Å². The fourth-order valence-electron chi connectivity index (χ4n) is 2.10. The van der Waals surface area contributed by atoms with E-state index in [1.165, 1.54) is 0 Å². The fraction of sp³-hybridized carbons (Fsp3) is 0.250. The maximum Gasteiger partial charge on any atom is 0.143 e. The van der Waals surface area contributed by atoms with Crippen LogP contribution in [-0.2, 0) is 4.74 Å². The van der Waals surface area contributed by atoms with Crippen LogP contribution in [0.15, 0.2) is 53.0 Å². The highest BCUT2D eigenvalue weighted by Crippen LogP contribution is 2.34. The first-order valence-corrected chi connectivity index (χ1v) is 7.23. The van der Waals surface area contributed by atoms with Gasteiger partial charge in [0, 0.05) is 12.2 Å². The molecule has 0 fully saturated rings. The molecule has 0 heterocycles. The lowest BCUT2D eigenvalue weighted by molar-refractivity contribution is -0.0375. The Hall–Kier alpha value is -1.23. The average molecular weight is 339 g/mol. The summed E-state index contributed by atoms with van der Waals surface area (Å²) in [5.74, 6) is -0.458. The Balaban J connectivity index is 2.36. The summed E-state index contributed by atoms with van der Waals surface area (Å²) in [7, 11) is 0. The van der Waals surface area contributed by atoms with Crippen molar-refractivity contribution in [2.24, 2.45) is 0 Å². The summed E-state index contributed by atoms with van der Waals surface area (Å²) < 4.78 is 20.0. The van der Waals surface area contributed by atoms with Crippen LogP contribution >= 0.6 is 15.9 Å². The van der Waals surface area contributed by atoms with Crippen molar-refractivity contribution in [2.75, 3.05) is 6.61 Å². The molecule has 0 saturated carbocycles. The molecule has 2 rings (SSSR count). The lowest BCUT2D eigenvalue weighted by atomic mass is 9.98. The van der Waals surface area contributed by atoms with Gasteiger partial charge in [-0.1, -0.05) is 42.5 Å². The molecule has 0 aliphatic heterocycles. The summed E-state index contributed by atoms with van der Waals surface area (Å²) in [4.78, 5) is 0. The molecule has 20 heavy (non-hydrogen) atoms. The van der Waals surface area contributed by atoms with Gasteiger partial charge in [-0.2, -0.15) is 0 Å². The van der Waals surface area contributed by atoms with Crippen molar-refractivity contribution in [1.82, 2.24) is 0 Å². The number of benzene rings is 2. The largest absolute Gasteiger partial charge is 0.385 e. The molecule has 1 N–H and O–H groups in total. The van der Waals surface area contributed by atoms with Gasteiger partial charge in [-0.25, -0.2) is 4.39 Å². The molecule has 2 aromatic rings. The molecule has 2 unspecified atom stereocenters. The van der Waals surface area contributed by atoms with Crippen LogP contribution in [0.3, 0.4) is 0 Å². The minimum absolute atomic E-state index is 0.224. The quantitative estimate of drug-likeness (QED) is 0.875. The van der Waals surface area contributed by atoms with E-state index in [9.17, 15) is 9.50 Å². The van der Waals surface area contributed by atoms with E-state index in [2.05, 4.69) is 15.9 Å². The van der Waals surface area contributed by atoms with E-state index in [4.69, 9.17) is 4.74 Å². The van der Waals surface area contributed by atoms with E-state index in [0.29, 0.717) is 11.1 Å². The van der Waals surface area contributed by atoms with Crippen LogP contribution in [0.4, 0.5) is 4.39 Å². The van der Waals surface area contributed by atoms with Gasteiger partial charge in [-0.3, -0.25) is 0 Å². The third kappa shape index (κ3) is 3.26. The average Bonchev–Trinajstić information content (AvgIpc) is 2.48. The minimum atomic E-state index is -1.06. The second-order valence-corrected chi connectivity index (χ2v) is 5.23. The zero-order valence-electron chi connectivity index (χ0n) is 11.1. The van der Waals surface area contributed by atoms with Crippen molar-refractivity contribution in [2.45, 2.75) is 19.1 Å². The highest BCUT2D eigenvalue weighted by molar-refractivity contribution is 9.10. The number of aliphatic hydroxyl groups excluding tert-OH is 1. The second-order valence-electron chi connectivity index (χ2n) is 4.37. The molecule has 2 nitrogen and oxygen atoms in total. The van der Waals surface area contributed by atoms with Gasteiger partial charge in [0.25, 0.3) is 0 Å². The number of rotatable bonds is 5. The SMILES string of the molecule is CCOC(c1ccccc1)C(O)c1cccc(Br)c1F. The van der Waals surface area contributed by atoms with Gasteiger partial charge in [0.05, 0.1) is 4.47 Å². The molecule has 4 heteroatoms. The summed E-state index contributed by atoms with van der Waals surface area (Å²) in [5.41, 5.74) is 1.04. The summed E-state index contributed by atoms with van der Waals surface area (Å²) in [6, 6.07) is 14.2. The van der Waals surface area contributed by atoms with Crippen molar-refractivity contribution in [1.29, 1.82) is 0 Å². The molecule has 0 aromatic heterocycles. The highest BCUT2D eigenvalue weighted by Gasteiger charge is 2.26. The predicted molar refractivity (Wildman–Crippen MR) is 79.9 cm³/mol. The van der Waals surface area contributed by atoms with E-state index < -0.39 is 18.0 Å². The van der Waals surface area contributed by atoms with Crippen LogP contribution in [0.5, 0.6) is 0 Å². The Labute approximate surface area is 126 Å². The van der Waals surface area contributed by atoms with Crippen molar-refractivity contribution in [3.05, 3.63) is 69.9 Å². The first-order chi connectivity index (χ1) is 9.65.